The Balaban J connectivity index is 0.00000225. The zero-order chi connectivity index (χ0) is 11.3. The second-order valence-corrected chi connectivity index (χ2v) is 5.54. The van der Waals surface area contributed by atoms with Crippen LogP contribution < -0.4 is 14.8 Å². The van der Waals surface area contributed by atoms with E-state index >= 15 is 0 Å². The molecule has 0 spiro atoms. The van der Waals surface area contributed by atoms with Gasteiger partial charge in [-0.05, 0) is 32.7 Å². The number of nitrogens with one attached hydrogen (secondary N) is 3. The number of hydrogen-bond donors (Lipinski definition) is 3. The summed E-state index contributed by atoms with van der Waals surface area (Å²) in [5.74, 6) is 0. The lowest BCUT2D eigenvalue weighted by atomic mass is 10.0. The topological polar surface area (TPSA) is 70.2 Å². The molecule has 0 aromatic rings. The van der Waals surface area contributed by atoms with Crippen molar-refractivity contribution in [3.05, 3.63) is 0 Å². The van der Waals surface area contributed by atoms with Gasteiger partial charge in [0.2, 0.25) is 0 Å². The average Bonchev–Trinajstić information content (AvgIpc) is 2.18. The summed E-state index contributed by atoms with van der Waals surface area (Å²) in [6.07, 6.45) is 2.73. The van der Waals surface area contributed by atoms with Crippen LogP contribution in [0.25, 0.3) is 0 Å². The minimum Gasteiger partial charge on any atom is -0.313 e. The molecule has 5 nitrogen and oxygen atoms in total. The maximum absolute atomic E-state index is 11.6. The van der Waals surface area contributed by atoms with Gasteiger partial charge >= 0.3 is 0 Å². The largest absolute Gasteiger partial charge is 0.313 e. The van der Waals surface area contributed by atoms with Crippen LogP contribution in [0.5, 0.6) is 0 Å². The molecule has 0 amide bonds. The molecular weight excluding hydrogens is 250 g/mol. The molecule has 3 N–H and O–H groups in total. The monoisotopic (exact) mass is 271 g/mol. The molecule has 98 valence electrons. The van der Waals surface area contributed by atoms with Crippen molar-refractivity contribution < 1.29 is 8.42 Å². The second-order valence-electron chi connectivity index (χ2n) is 4.01. The predicted octanol–water partition coefficient (Wildman–Crippen LogP) is 0.383. The fourth-order valence-electron chi connectivity index (χ4n) is 1.68. The van der Waals surface area contributed by atoms with E-state index in [1.165, 1.54) is 0 Å². The molecule has 0 aromatic heterocycles. The van der Waals surface area contributed by atoms with Crippen molar-refractivity contribution in [1.82, 2.24) is 14.8 Å². The van der Waals surface area contributed by atoms with Gasteiger partial charge in [-0.1, -0.05) is 6.92 Å². The van der Waals surface area contributed by atoms with Gasteiger partial charge in [-0.3, -0.25) is 0 Å². The van der Waals surface area contributed by atoms with Gasteiger partial charge in [-0.2, -0.15) is 13.1 Å². The molecule has 2 atom stereocenters. The van der Waals surface area contributed by atoms with Gasteiger partial charge in [0, 0.05) is 18.6 Å². The van der Waals surface area contributed by atoms with Gasteiger partial charge in [-0.15, -0.1) is 12.4 Å². The van der Waals surface area contributed by atoms with E-state index < -0.39 is 10.2 Å². The summed E-state index contributed by atoms with van der Waals surface area (Å²) in [6.45, 7) is 5.41. The summed E-state index contributed by atoms with van der Waals surface area (Å²) >= 11 is 0. The van der Waals surface area contributed by atoms with Gasteiger partial charge in [0.25, 0.3) is 10.2 Å². The lowest BCUT2D eigenvalue weighted by Gasteiger charge is -2.30. The molecule has 0 radical (unpaired) electrons. The molecular formula is C9H22ClN3O2S. The number of hydrogen-bond acceptors (Lipinski definition) is 3. The predicted molar refractivity (Wildman–Crippen MR) is 68.1 cm³/mol. The van der Waals surface area contributed by atoms with Crippen molar-refractivity contribution in [3.8, 4) is 0 Å². The van der Waals surface area contributed by atoms with Crippen molar-refractivity contribution in [2.45, 2.75) is 45.2 Å². The SMILES string of the molecule is CCCNS(=O)(=O)NC1CCCNC1C.Cl. The van der Waals surface area contributed by atoms with Crippen LogP contribution >= 0.6 is 12.4 Å². The number of piperidine rings is 1. The van der Waals surface area contributed by atoms with Crippen LogP contribution in [0.2, 0.25) is 0 Å². The summed E-state index contributed by atoms with van der Waals surface area (Å²) in [5, 5.41) is 3.26. The molecule has 0 aromatic carbocycles. The van der Waals surface area contributed by atoms with E-state index in [1.807, 2.05) is 13.8 Å². The Hall–Kier alpha value is 0.120. The molecule has 1 saturated heterocycles. The lowest BCUT2D eigenvalue weighted by molar-refractivity contribution is 0.347. The Morgan fingerprint density at radius 3 is 2.69 bits per heavy atom. The van der Waals surface area contributed by atoms with Crippen LogP contribution in [-0.4, -0.2) is 33.6 Å². The molecule has 1 aliphatic rings. The standard InChI is InChI=1S/C9H21N3O2S.ClH/c1-3-6-11-15(13,14)12-9-5-4-7-10-8(9)2;/h8-12H,3-7H2,1-2H3;1H. The molecule has 0 bridgehead atoms. The van der Waals surface area contributed by atoms with Crippen molar-refractivity contribution in [3.63, 3.8) is 0 Å². The molecule has 0 saturated carbocycles. The Morgan fingerprint density at radius 2 is 2.12 bits per heavy atom. The van der Waals surface area contributed by atoms with E-state index in [2.05, 4.69) is 14.8 Å². The first-order valence-electron chi connectivity index (χ1n) is 5.55. The average molecular weight is 272 g/mol. The zero-order valence-electron chi connectivity index (χ0n) is 9.82. The summed E-state index contributed by atoms with van der Waals surface area (Å²) in [7, 11) is -3.32. The molecule has 1 fully saturated rings. The highest BCUT2D eigenvalue weighted by molar-refractivity contribution is 7.87. The van der Waals surface area contributed by atoms with Gasteiger partial charge < -0.3 is 5.32 Å². The highest BCUT2D eigenvalue weighted by Gasteiger charge is 2.24. The summed E-state index contributed by atoms with van der Waals surface area (Å²) in [6, 6.07) is 0.213. The Bertz CT molecular complexity index is 284. The van der Waals surface area contributed by atoms with E-state index in [9.17, 15) is 8.42 Å². The fraction of sp³-hybridized carbons (Fsp3) is 1.00. The summed E-state index contributed by atoms with van der Waals surface area (Å²) in [5.41, 5.74) is 0. The summed E-state index contributed by atoms with van der Waals surface area (Å²) < 4.78 is 28.3. The fourth-order valence-corrected chi connectivity index (χ4v) is 2.96. The van der Waals surface area contributed by atoms with E-state index in [4.69, 9.17) is 0 Å². The van der Waals surface area contributed by atoms with E-state index in [1.54, 1.807) is 0 Å². The Kier molecular flexibility index (Phi) is 7.50. The van der Waals surface area contributed by atoms with Crippen LogP contribution in [0.1, 0.15) is 33.1 Å². The van der Waals surface area contributed by atoms with E-state index in [0.717, 1.165) is 25.8 Å². The first kappa shape index (κ1) is 16.1. The van der Waals surface area contributed by atoms with E-state index in [-0.39, 0.29) is 24.5 Å². The van der Waals surface area contributed by atoms with Crippen LogP contribution in [0.3, 0.4) is 0 Å². The van der Waals surface area contributed by atoms with Gasteiger partial charge in [-0.25, -0.2) is 4.72 Å². The first-order chi connectivity index (χ1) is 7.05. The lowest BCUT2D eigenvalue weighted by Crippen LogP contribution is -2.54. The quantitative estimate of drug-likeness (QED) is 0.677. The molecule has 0 aliphatic carbocycles. The smallest absolute Gasteiger partial charge is 0.277 e. The molecule has 7 heteroatoms. The van der Waals surface area contributed by atoms with Crippen molar-refractivity contribution in [2.75, 3.05) is 13.1 Å². The van der Waals surface area contributed by atoms with Crippen LogP contribution in [-0.2, 0) is 10.2 Å². The number of halogens is 1. The maximum atomic E-state index is 11.6. The molecule has 1 heterocycles. The maximum Gasteiger partial charge on any atom is 0.277 e. The normalized spacial score (nSPS) is 26.1. The molecule has 16 heavy (non-hydrogen) atoms. The van der Waals surface area contributed by atoms with Gasteiger partial charge in [0.05, 0.1) is 0 Å². The minimum atomic E-state index is -3.32. The summed E-state index contributed by atoms with van der Waals surface area (Å²) in [4.78, 5) is 0. The third-order valence-electron chi connectivity index (χ3n) is 2.61. The molecule has 1 aliphatic heterocycles. The Morgan fingerprint density at radius 1 is 1.44 bits per heavy atom. The Labute approximate surface area is 104 Å². The highest BCUT2D eigenvalue weighted by Crippen LogP contribution is 2.08. The van der Waals surface area contributed by atoms with Crippen molar-refractivity contribution >= 4 is 22.6 Å². The third-order valence-corrected chi connectivity index (χ3v) is 3.81. The first-order valence-corrected chi connectivity index (χ1v) is 7.04. The third kappa shape index (κ3) is 5.45. The number of rotatable bonds is 5. The van der Waals surface area contributed by atoms with Crippen molar-refractivity contribution in [1.29, 1.82) is 0 Å². The minimum absolute atomic E-state index is 0. The molecule has 2 unspecified atom stereocenters. The van der Waals surface area contributed by atoms with E-state index in [0.29, 0.717) is 6.54 Å². The second kappa shape index (κ2) is 7.45. The molecule has 1 rings (SSSR count). The van der Waals surface area contributed by atoms with Crippen LogP contribution in [0, 0.1) is 0 Å². The van der Waals surface area contributed by atoms with Crippen molar-refractivity contribution in [2.24, 2.45) is 0 Å². The van der Waals surface area contributed by atoms with Gasteiger partial charge in [0.1, 0.15) is 0 Å². The van der Waals surface area contributed by atoms with Gasteiger partial charge in [0.15, 0.2) is 0 Å². The van der Waals surface area contributed by atoms with Crippen LogP contribution in [0.4, 0.5) is 0 Å². The highest BCUT2D eigenvalue weighted by atomic mass is 35.5. The zero-order valence-corrected chi connectivity index (χ0v) is 11.5. The van der Waals surface area contributed by atoms with Crippen LogP contribution in [0.15, 0.2) is 0 Å².